The first-order valence-corrected chi connectivity index (χ1v) is 13.4. The van der Waals surface area contributed by atoms with Crippen LogP contribution in [0.3, 0.4) is 0 Å². The SMILES string of the molecule is Cc1ccnc(Nc2nc(Nc3cc(Cl)c(C4CCN(C(=O)CN5CCC5)CC4)cc3C)ncc2Cl)c1. The van der Waals surface area contributed by atoms with Crippen LogP contribution in [0.15, 0.2) is 36.7 Å². The highest BCUT2D eigenvalue weighted by atomic mass is 35.5. The van der Waals surface area contributed by atoms with Gasteiger partial charge in [0.05, 0.1) is 12.7 Å². The molecular weight excluding hydrogens is 509 g/mol. The highest BCUT2D eigenvalue weighted by Crippen LogP contribution is 2.37. The summed E-state index contributed by atoms with van der Waals surface area (Å²) in [6, 6.07) is 7.91. The minimum atomic E-state index is 0.245. The Balaban J connectivity index is 1.25. The number of carbonyl (C=O) groups is 1. The second kappa shape index (κ2) is 11.2. The van der Waals surface area contributed by atoms with Crippen molar-refractivity contribution in [2.24, 2.45) is 0 Å². The highest BCUT2D eigenvalue weighted by molar-refractivity contribution is 6.33. The van der Waals surface area contributed by atoms with Crippen molar-refractivity contribution in [3.63, 3.8) is 0 Å². The Kier molecular flexibility index (Phi) is 7.79. The van der Waals surface area contributed by atoms with Gasteiger partial charge in [-0.2, -0.15) is 4.98 Å². The summed E-state index contributed by atoms with van der Waals surface area (Å²) in [7, 11) is 0. The van der Waals surface area contributed by atoms with Gasteiger partial charge in [-0.25, -0.2) is 9.97 Å². The van der Waals surface area contributed by atoms with E-state index >= 15 is 0 Å². The topological polar surface area (TPSA) is 86.3 Å². The Bertz CT molecular complexity index is 1290. The standard InChI is InChI=1S/C27H31Cl2N7O/c1-17-4-7-30-24(12-17)33-26-22(29)15-31-27(34-26)32-23-14-21(28)20(13-18(23)2)19-5-10-36(11-6-19)25(37)16-35-8-3-9-35/h4,7,12-15,19H,3,5-6,8-11,16H2,1-2H3,(H2,30,31,32,33,34). The molecule has 5 rings (SSSR count). The molecule has 2 aliphatic heterocycles. The molecule has 2 aromatic heterocycles. The van der Waals surface area contributed by atoms with Crippen molar-refractivity contribution in [2.45, 2.75) is 39.0 Å². The molecule has 2 aliphatic rings. The second-order valence-electron chi connectivity index (χ2n) is 9.83. The molecule has 194 valence electrons. The van der Waals surface area contributed by atoms with E-state index in [4.69, 9.17) is 23.2 Å². The summed E-state index contributed by atoms with van der Waals surface area (Å²) in [5.41, 5.74) is 4.08. The third kappa shape index (κ3) is 6.14. The number of hydrogen-bond acceptors (Lipinski definition) is 7. The molecule has 0 atom stereocenters. The summed E-state index contributed by atoms with van der Waals surface area (Å²) in [4.78, 5) is 30.0. The lowest BCUT2D eigenvalue weighted by molar-refractivity contribution is -0.134. The van der Waals surface area contributed by atoms with Crippen LogP contribution in [0.1, 0.15) is 41.9 Å². The first-order chi connectivity index (χ1) is 17.9. The second-order valence-corrected chi connectivity index (χ2v) is 10.6. The smallest absolute Gasteiger partial charge is 0.236 e. The largest absolute Gasteiger partial charge is 0.342 e. The van der Waals surface area contributed by atoms with Crippen molar-refractivity contribution in [3.8, 4) is 0 Å². The number of nitrogens with one attached hydrogen (secondary N) is 2. The fraction of sp³-hybridized carbons (Fsp3) is 0.407. The third-order valence-corrected chi connectivity index (χ3v) is 7.70. The number of likely N-dealkylation sites (tertiary alicyclic amines) is 2. The summed E-state index contributed by atoms with van der Waals surface area (Å²) in [6.45, 7) is 8.22. The molecule has 2 saturated heterocycles. The number of rotatable bonds is 7. The van der Waals surface area contributed by atoms with Crippen LogP contribution in [0.25, 0.3) is 0 Å². The number of piperidine rings is 1. The van der Waals surface area contributed by atoms with Gasteiger partial charge in [0.15, 0.2) is 5.82 Å². The van der Waals surface area contributed by atoms with E-state index < -0.39 is 0 Å². The Hall–Kier alpha value is -2.94. The van der Waals surface area contributed by atoms with E-state index in [-0.39, 0.29) is 5.91 Å². The minimum Gasteiger partial charge on any atom is -0.342 e. The maximum absolute atomic E-state index is 12.6. The number of aryl methyl sites for hydroxylation is 2. The van der Waals surface area contributed by atoms with Gasteiger partial charge in [-0.1, -0.05) is 29.3 Å². The number of nitrogens with zero attached hydrogens (tertiary/aromatic N) is 5. The summed E-state index contributed by atoms with van der Waals surface area (Å²) >= 11 is 13.1. The molecule has 2 fully saturated rings. The van der Waals surface area contributed by atoms with Gasteiger partial charge in [-0.15, -0.1) is 0 Å². The molecule has 4 heterocycles. The van der Waals surface area contributed by atoms with Crippen LogP contribution in [0.2, 0.25) is 10.0 Å². The van der Waals surface area contributed by atoms with Crippen molar-refractivity contribution in [1.82, 2.24) is 24.8 Å². The van der Waals surface area contributed by atoms with Crippen molar-refractivity contribution >= 4 is 52.4 Å². The maximum atomic E-state index is 12.6. The number of pyridine rings is 1. The molecule has 1 amide bonds. The predicted octanol–water partition coefficient (Wildman–Crippen LogP) is 5.69. The van der Waals surface area contributed by atoms with Crippen LogP contribution < -0.4 is 10.6 Å². The molecule has 8 nitrogen and oxygen atoms in total. The summed E-state index contributed by atoms with van der Waals surface area (Å²) in [5, 5.41) is 7.53. The molecule has 0 spiro atoms. The number of amides is 1. The van der Waals surface area contributed by atoms with Gasteiger partial charge in [0.1, 0.15) is 10.8 Å². The normalized spacial score (nSPS) is 16.4. The van der Waals surface area contributed by atoms with Crippen LogP contribution in [0, 0.1) is 13.8 Å². The van der Waals surface area contributed by atoms with Crippen molar-refractivity contribution in [3.05, 3.63) is 63.4 Å². The first kappa shape index (κ1) is 25.7. The first-order valence-electron chi connectivity index (χ1n) is 12.6. The number of anilines is 4. The Morgan fingerprint density at radius 2 is 1.81 bits per heavy atom. The lowest BCUT2D eigenvalue weighted by Gasteiger charge is -2.36. The monoisotopic (exact) mass is 539 g/mol. The number of aromatic nitrogens is 3. The Morgan fingerprint density at radius 1 is 1.03 bits per heavy atom. The van der Waals surface area contributed by atoms with Crippen LogP contribution in [0.5, 0.6) is 0 Å². The lowest BCUT2D eigenvalue weighted by atomic mass is 9.88. The van der Waals surface area contributed by atoms with Crippen LogP contribution in [-0.4, -0.2) is 63.4 Å². The van der Waals surface area contributed by atoms with E-state index in [1.54, 1.807) is 12.4 Å². The van der Waals surface area contributed by atoms with E-state index in [2.05, 4.69) is 36.6 Å². The molecule has 10 heteroatoms. The van der Waals surface area contributed by atoms with E-state index in [0.29, 0.717) is 40.1 Å². The molecule has 0 bridgehead atoms. The Morgan fingerprint density at radius 3 is 2.51 bits per heavy atom. The summed E-state index contributed by atoms with van der Waals surface area (Å²) in [6.07, 6.45) is 6.32. The molecule has 2 N–H and O–H groups in total. The Labute approximate surface area is 227 Å². The van der Waals surface area contributed by atoms with E-state index in [0.717, 1.165) is 61.4 Å². The molecule has 0 radical (unpaired) electrons. The van der Waals surface area contributed by atoms with Crippen LogP contribution >= 0.6 is 23.2 Å². The van der Waals surface area contributed by atoms with Gasteiger partial charge in [0.25, 0.3) is 0 Å². The van der Waals surface area contributed by atoms with Gasteiger partial charge in [-0.3, -0.25) is 9.69 Å². The molecule has 0 saturated carbocycles. The van der Waals surface area contributed by atoms with Gasteiger partial charge in [0, 0.05) is 30.0 Å². The number of benzene rings is 1. The lowest BCUT2D eigenvalue weighted by Crippen LogP contribution is -2.47. The molecular formula is C27H31Cl2N7O. The fourth-order valence-corrected chi connectivity index (χ4v) is 5.24. The van der Waals surface area contributed by atoms with Crippen molar-refractivity contribution in [2.75, 3.05) is 43.4 Å². The highest BCUT2D eigenvalue weighted by Gasteiger charge is 2.27. The fourth-order valence-electron chi connectivity index (χ4n) is 4.78. The quantitative estimate of drug-likeness (QED) is 0.398. The molecule has 3 aromatic rings. The number of carbonyl (C=O) groups excluding carboxylic acids is 1. The van der Waals surface area contributed by atoms with E-state index in [9.17, 15) is 4.79 Å². The number of hydrogen-bond donors (Lipinski definition) is 2. The van der Waals surface area contributed by atoms with E-state index in [1.165, 1.54) is 6.42 Å². The average Bonchev–Trinajstić information content (AvgIpc) is 2.85. The summed E-state index contributed by atoms with van der Waals surface area (Å²) < 4.78 is 0. The molecule has 0 unspecified atom stereocenters. The van der Waals surface area contributed by atoms with Gasteiger partial charge < -0.3 is 15.5 Å². The zero-order chi connectivity index (χ0) is 25.9. The summed E-state index contributed by atoms with van der Waals surface area (Å²) in [5.74, 6) is 2.10. The van der Waals surface area contributed by atoms with Crippen LogP contribution in [-0.2, 0) is 4.79 Å². The van der Waals surface area contributed by atoms with Crippen LogP contribution in [0.4, 0.5) is 23.3 Å². The number of halogens is 2. The van der Waals surface area contributed by atoms with Crippen molar-refractivity contribution < 1.29 is 4.79 Å². The molecule has 1 aromatic carbocycles. The zero-order valence-electron chi connectivity index (χ0n) is 21.1. The molecule has 0 aliphatic carbocycles. The third-order valence-electron chi connectivity index (χ3n) is 7.09. The maximum Gasteiger partial charge on any atom is 0.236 e. The van der Waals surface area contributed by atoms with Crippen molar-refractivity contribution in [1.29, 1.82) is 0 Å². The van der Waals surface area contributed by atoms with E-state index in [1.807, 2.05) is 36.9 Å². The van der Waals surface area contributed by atoms with Gasteiger partial charge in [0.2, 0.25) is 11.9 Å². The zero-order valence-corrected chi connectivity index (χ0v) is 22.6. The molecule has 37 heavy (non-hydrogen) atoms. The predicted molar refractivity (Wildman–Crippen MR) is 148 cm³/mol. The minimum absolute atomic E-state index is 0.245. The van der Waals surface area contributed by atoms with Gasteiger partial charge in [-0.05, 0) is 87.0 Å². The average molecular weight is 540 g/mol. The van der Waals surface area contributed by atoms with Gasteiger partial charge >= 0.3 is 0 Å².